The standard InChI is InChI=1S/C17H14O6S/c1-21-15-6-4-3-5-12(15)14-10-22-16-9-11(23-24(2,19)20)7-8-13(16)17(14)18/h3-10H,1-2H3. The zero-order valence-electron chi connectivity index (χ0n) is 13.0. The highest BCUT2D eigenvalue weighted by Gasteiger charge is 2.14. The fraction of sp³-hybridized carbons (Fsp3) is 0.118. The second-order valence-electron chi connectivity index (χ2n) is 5.12. The summed E-state index contributed by atoms with van der Waals surface area (Å²) in [5, 5.41) is 0.319. The zero-order chi connectivity index (χ0) is 17.3. The average Bonchev–Trinajstić information content (AvgIpc) is 2.53. The van der Waals surface area contributed by atoms with Gasteiger partial charge in [-0.3, -0.25) is 4.79 Å². The van der Waals surface area contributed by atoms with E-state index in [0.29, 0.717) is 22.3 Å². The van der Waals surface area contributed by atoms with Crippen molar-refractivity contribution in [2.45, 2.75) is 0 Å². The van der Waals surface area contributed by atoms with Crippen molar-refractivity contribution < 1.29 is 21.8 Å². The molecule has 0 saturated carbocycles. The van der Waals surface area contributed by atoms with Gasteiger partial charge in [0.15, 0.2) is 0 Å². The number of fused-ring (bicyclic) bond motifs is 1. The maximum Gasteiger partial charge on any atom is 0.306 e. The predicted molar refractivity (Wildman–Crippen MR) is 89.9 cm³/mol. The average molecular weight is 346 g/mol. The van der Waals surface area contributed by atoms with Crippen LogP contribution in [0.4, 0.5) is 0 Å². The minimum Gasteiger partial charge on any atom is -0.496 e. The molecule has 1 aromatic heterocycles. The molecule has 0 atom stereocenters. The molecule has 3 rings (SSSR count). The normalized spacial score (nSPS) is 11.4. The molecule has 0 fully saturated rings. The van der Waals surface area contributed by atoms with E-state index in [1.54, 1.807) is 24.3 Å². The summed E-state index contributed by atoms with van der Waals surface area (Å²) in [6.45, 7) is 0. The number of ether oxygens (including phenoxy) is 1. The third-order valence-corrected chi connectivity index (χ3v) is 3.89. The summed E-state index contributed by atoms with van der Waals surface area (Å²) in [5.41, 5.74) is 0.968. The van der Waals surface area contributed by atoms with E-state index < -0.39 is 10.1 Å². The van der Waals surface area contributed by atoms with Gasteiger partial charge in [0.2, 0.25) is 5.43 Å². The lowest BCUT2D eigenvalue weighted by Crippen LogP contribution is -2.07. The highest BCUT2D eigenvalue weighted by Crippen LogP contribution is 2.29. The van der Waals surface area contributed by atoms with Gasteiger partial charge in [-0.1, -0.05) is 18.2 Å². The van der Waals surface area contributed by atoms with Crippen molar-refractivity contribution in [1.82, 2.24) is 0 Å². The van der Waals surface area contributed by atoms with Crippen molar-refractivity contribution in [3.63, 3.8) is 0 Å². The second-order valence-corrected chi connectivity index (χ2v) is 6.70. The van der Waals surface area contributed by atoms with Gasteiger partial charge in [-0.25, -0.2) is 0 Å². The molecule has 0 radical (unpaired) electrons. The van der Waals surface area contributed by atoms with Crippen LogP contribution in [0.5, 0.6) is 11.5 Å². The number of benzene rings is 2. The summed E-state index contributed by atoms with van der Waals surface area (Å²) in [4.78, 5) is 12.7. The highest BCUT2D eigenvalue weighted by molar-refractivity contribution is 7.86. The van der Waals surface area contributed by atoms with E-state index in [9.17, 15) is 13.2 Å². The molecule has 3 aromatic rings. The maximum absolute atomic E-state index is 12.7. The number of hydrogen-bond donors (Lipinski definition) is 0. The Morgan fingerprint density at radius 3 is 2.50 bits per heavy atom. The Morgan fingerprint density at radius 2 is 1.79 bits per heavy atom. The first-order valence-electron chi connectivity index (χ1n) is 6.97. The van der Waals surface area contributed by atoms with Crippen LogP contribution in [0.25, 0.3) is 22.1 Å². The summed E-state index contributed by atoms with van der Waals surface area (Å²) in [7, 11) is -2.13. The van der Waals surface area contributed by atoms with Crippen molar-refractivity contribution in [1.29, 1.82) is 0 Å². The molecule has 124 valence electrons. The lowest BCUT2D eigenvalue weighted by Gasteiger charge is -2.08. The maximum atomic E-state index is 12.7. The summed E-state index contributed by atoms with van der Waals surface area (Å²) in [6, 6.07) is 11.4. The number of hydrogen-bond acceptors (Lipinski definition) is 6. The Bertz CT molecular complexity index is 1070. The molecular weight excluding hydrogens is 332 g/mol. The molecule has 0 unspecified atom stereocenters. The van der Waals surface area contributed by atoms with Crippen LogP contribution in [0.2, 0.25) is 0 Å². The molecule has 0 aliphatic rings. The van der Waals surface area contributed by atoms with Gasteiger partial charge in [0.05, 0.1) is 24.3 Å². The number of methoxy groups -OCH3 is 1. The van der Waals surface area contributed by atoms with E-state index in [1.807, 2.05) is 0 Å². The lowest BCUT2D eigenvalue weighted by molar-refractivity contribution is 0.416. The Kier molecular flexibility index (Phi) is 4.02. The van der Waals surface area contributed by atoms with Gasteiger partial charge in [0.1, 0.15) is 23.3 Å². The van der Waals surface area contributed by atoms with Crippen LogP contribution < -0.4 is 14.3 Å². The largest absolute Gasteiger partial charge is 0.496 e. The van der Waals surface area contributed by atoms with Crippen molar-refractivity contribution in [2.24, 2.45) is 0 Å². The molecule has 2 aromatic carbocycles. The van der Waals surface area contributed by atoms with Crippen LogP contribution in [0.3, 0.4) is 0 Å². The van der Waals surface area contributed by atoms with Crippen LogP contribution in [0.15, 0.2) is 57.9 Å². The van der Waals surface area contributed by atoms with Crippen molar-refractivity contribution >= 4 is 21.1 Å². The predicted octanol–water partition coefficient (Wildman–Crippen LogP) is 2.81. The molecule has 0 aliphatic carbocycles. The van der Waals surface area contributed by atoms with Crippen LogP contribution >= 0.6 is 0 Å². The number of rotatable bonds is 4. The van der Waals surface area contributed by atoms with Gasteiger partial charge < -0.3 is 13.3 Å². The van der Waals surface area contributed by atoms with Gasteiger partial charge in [-0.15, -0.1) is 0 Å². The van der Waals surface area contributed by atoms with Gasteiger partial charge in [0, 0.05) is 11.6 Å². The molecule has 0 N–H and O–H groups in total. The van der Waals surface area contributed by atoms with Crippen LogP contribution in [-0.2, 0) is 10.1 Å². The van der Waals surface area contributed by atoms with E-state index in [2.05, 4.69) is 0 Å². The fourth-order valence-electron chi connectivity index (χ4n) is 2.39. The molecule has 0 aliphatic heterocycles. The van der Waals surface area contributed by atoms with E-state index >= 15 is 0 Å². The minimum atomic E-state index is -3.65. The Balaban J connectivity index is 2.16. The minimum absolute atomic E-state index is 0.0817. The Morgan fingerprint density at radius 1 is 1.04 bits per heavy atom. The summed E-state index contributed by atoms with van der Waals surface area (Å²) in [5.74, 6) is 0.638. The molecule has 0 saturated heterocycles. The van der Waals surface area contributed by atoms with Crippen molar-refractivity contribution in [3.05, 3.63) is 59.0 Å². The molecule has 0 spiro atoms. The fourth-order valence-corrected chi connectivity index (χ4v) is 2.84. The second kappa shape index (κ2) is 6.01. The van der Waals surface area contributed by atoms with E-state index in [4.69, 9.17) is 13.3 Å². The van der Waals surface area contributed by atoms with Crippen molar-refractivity contribution in [3.8, 4) is 22.6 Å². The number of para-hydroxylation sites is 1. The molecular formula is C17H14O6S. The molecule has 1 heterocycles. The monoisotopic (exact) mass is 346 g/mol. The zero-order valence-corrected chi connectivity index (χ0v) is 13.8. The summed E-state index contributed by atoms with van der Waals surface area (Å²) in [6.07, 6.45) is 2.27. The third-order valence-electron chi connectivity index (χ3n) is 3.39. The van der Waals surface area contributed by atoms with Crippen LogP contribution in [-0.4, -0.2) is 21.8 Å². The molecule has 6 nitrogen and oxygen atoms in total. The summed E-state index contributed by atoms with van der Waals surface area (Å²) >= 11 is 0. The first-order chi connectivity index (χ1) is 11.4. The van der Waals surface area contributed by atoms with Gasteiger partial charge in [0.25, 0.3) is 0 Å². The van der Waals surface area contributed by atoms with Gasteiger partial charge in [-0.2, -0.15) is 8.42 Å². The lowest BCUT2D eigenvalue weighted by atomic mass is 10.0. The van der Waals surface area contributed by atoms with Crippen LogP contribution in [0, 0.1) is 0 Å². The van der Waals surface area contributed by atoms with E-state index in [-0.39, 0.29) is 16.8 Å². The van der Waals surface area contributed by atoms with Gasteiger partial charge >= 0.3 is 10.1 Å². The van der Waals surface area contributed by atoms with E-state index in [1.165, 1.54) is 31.6 Å². The molecule has 24 heavy (non-hydrogen) atoms. The van der Waals surface area contributed by atoms with Gasteiger partial charge in [-0.05, 0) is 18.2 Å². The van der Waals surface area contributed by atoms with Crippen molar-refractivity contribution in [2.75, 3.05) is 13.4 Å². The SMILES string of the molecule is COc1ccccc1-c1coc2cc(OS(C)(=O)=O)ccc2c1=O. The molecule has 7 heteroatoms. The highest BCUT2D eigenvalue weighted by atomic mass is 32.2. The Labute approximate surface area is 138 Å². The smallest absolute Gasteiger partial charge is 0.306 e. The third kappa shape index (κ3) is 3.11. The summed E-state index contributed by atoms with van der Waals surface area (Å²) < 4.78 is 37.9. The Hall–Kier alpha value is -2.80. The topological polar surface area (TPSA) is 82.8 Å². The quantitative estimate of drug-likeness (QED) is 0.676. The molecule has 0 amide bonds. The van der Waals surface area contributed by atoms with Crippen LogP contribution in [0.1, 0.15) is 0 Å². The first kappa shape index (κ1) is 16.1. The van der Waals surface area contributed by atoms with E-state index in [0.717, 1.165) is 6.26 Å². The first-order valence-corrected chi connectivity index (χ1v) is 8.79. The molecule has 0 bridgehead atoms.